The molecule has 2 aromatic rings. The second-order valence-electron chi connectivity index (χ2n) is 7.16. The first-order valence-corrected chi connectivity index (χ1v) is 11.9. The summed E-state index contributed by atoms with van der Waals surface area (Å²) in [6.07, 6.45) is 8.73. The molecule has 3 heterocycles. The van der Waals surface area contributed by atoms with E-state index in [4.69, 9.17) is 14.2 Å². The van der Waals surface area contributed by atoms with Crippen LogP contribution in [0.25, 0.3) is 10.6 Å². The molecule has 1 aliphatic heterocycles. The van der Waals surface area contributed by atoms with Gasteiger partial charge in [-0.2, -0.15) is 5.10 Å². The number of sulfonamides is 1. The van der Waals surface area contributed by atoms with Crippen LogP contribution in [0.4, 0.5) is 0 Å². The van der Waals surface area contributed by atoms with Crippen molar-refractivity contribution in [3.05, 3.63) is 35.9 Å². The third kappa shape index (κ3) is 4.18. The summed E-state index contributed by atoms with van der Waals surface area (Å²) in [6.45, 7) is -0.0827. The van der Waals surface area contributed by atoms with Crippen LogP contribution in [0.5, 0.6) is 0 Å². The largest absolute Gasteiger partial charge is 0.352 e. The summed E-state index contributed by atoms with van der Waals surface area (Å²) in [5, 5.41) is 6.57. The van der Waals surface area contributed by atoms with E-state index in [-0.39, 0.29) is 17.5 Å². The quantitative estimate of drug-likeness (QED) is 0.636. The topological polar surface area (TPSA) is 91.7 Å². The van der Waals surface area contributed by atoms with Crippen LogP contribution in [-0.4, -0.2) is 51.0 Å². The summed E-state index contributed by atoms with van der Waals surface area (Å²) in [7, 11) is -0.873. The average Bonchev–Trinajstić information content (AvgIpc) is 3.51. The van der Waals surface area contributed by atoms with E-state index in [1.807, 2.05) is 22.2 Å². The highest BCUT2D eigenvalue weighted by Crippen LogP contribution is 2.35. The Kier molecular flexibility index (Phi) is 5.92. The number of rotatable bonds is 8. The van der Waals surface area contributed by atoms with Gasteiger partial charge in [-0.25, -0.2) is 13.1 Å². The lowest BCUT2D eigenvalue weighted by Gasteiger charge is -2.27. The third-order valence-corrected chi connectivity index (χ3v) is 7.63. The number of methoxy groups -OCH3 is 2. The Morgan fingerprint density at radius 1 is 1.38 bits per heavy atom. The molecule has 8 nitrogen and oxygen atoms in total. The van der Waals surface area contributed by atoms with Crippen molar-refractivity contribution in [1.29, 1.82) is 0 Å². The van der Waals surface area contributed by atoms with Crippen molar-refractivity contribution in [3.63, 3.8) is 0 Å². The summed E-state index contributed by atoms with van der Waals surface area (Å²) < 4.78 is 47.1. The summed E-state index contributed by atoms with van der Waals surface area (Å²) in [6, 6.07) is 4.01. The summed E-state index contributed by atoms with van der Waals surface area (Å²) in [5.74, 6) is -1.21. The van der Waals surface area contributed by atoms with Gasteiger partial charge in [-0.1, -0.05) is 18.9 Å². The van der Waals surface area contributed by atoms with E-state index in [2.05, 4.69) is 9.82 Å². The molecule has 4 rings (SSSR count). The minimum atomic E-state index is -3.85. The molecule has 10 heteroatoms. The molecule has 0 saturated heterocycles. The van der Waals surface area contributed by atoms with Crippen molar-refractivity contribution in [2.24, 2.45) is 0 Å². The zero-order valence-corrected chi connectivity index (χ0v) is 18.0. The van der Waals surface area contributed by atoms with Crippen LogP contribution in [0.15, 0.2) is 40.8 Å². The van der Waals surface area contributed by atoms with E-state index in [0.717, 1.165) is 30.6 Å². The van der Waals surface area contributed by atoms with E-state index in [9.17, 15) is 8.42 Å². The lowest BCUT2D eigenvalue weighted by molar-refractivity contribution is -0.237. The van der Waals surface area contributed by atoms with Gasteiger partial charge in [0, 0.05) is 20.4 Å². The van der Waals surface area contributed by atoms with Gasteiger partial charge in [0.1, 0.15) is 10.6 Å². The SMILES string of the molecule is COC1C=CC(CNS(=O)(=O)c2cn(C3CCCC3)nc2-c2cccs2)(OC)O1. The number of hydrogen-bond donors (Lipinski definition) is 1. The Hall–Kier alpha value is -1.56. The molecular formula is C19H25N3O5S2. The molecule has 2 aromatic heterocycles. The maximum Gasteiger partial charge on any atom is 0.244 e. The number of ether oxygens (including phenoxy) is 3. The molecule has 2 atom stereocenters. The highest BCUT2D eigenvalue weighted by molar-refractivity contribution is 7.89. The maximum atomic E-state index is 13.2. The first-order valence-electron chi connectivity index (χ1n) is 9.54. The molecular weight excluding hydrogens is 414 g/mol. The van der Waals surface area contributed by atoms with Gasteiger partial charge < -0.3 is 14.2 Å². The standard InChI is InChI=1S/C19H25N3O5S2/c1-25-17-9-10-19(26-2,27-17)13-20-29(23,24)16-12-22(14-6-3-4-7-14)21-18(16)15-8-5-11-28-15/h5,8-12,14,17,20H,3-4,6-7,13H2,1-2H3. The van der Waals surface area contributed by atoms with Gasteiger partial charge in [0.25, 0.3) is 0 Å². The first-order chi connectivity index (χ1) is 14.0. The summed E-state index contributed by atoms with van der Waals surface area (Å²) in [4.78, 5) is 0.989. The fraction of sp³-hybridized carbons (Fsp3) is 0.526. The first kappa shape index (κ1) is 20.7. The molecule has 0 spiro atoms. The van der Waals surface area contributed by atoms with Crippen molar-refractivity contribution in [2.75, 3.05) is 20.8 Å². The Morgan fingerprint density at radius 3 is 2.79 bits per heavy atom. The van der Waals surface area contributed by atoms with E-state index in [1.165, 1.54) is 25.6 Å². The van der Waals surface area contributed by atoms with Crippen molar-refractivity contribution >= 4 is 21.4 Å². The molecule has 0 bridgehead atoms. The lowest BCUT2D eigenvalue weighted by atomic mass is 10.3. The van der Waals surface area contributed by atoms with Gasteiger partial charge in [0.05, 0.1) is 17.5 Å². The molecule has 158 valence electrons. The predicted octanol–water partition coefficient (Wildman–Crippen LogP) is 2.91. The van der Waals surface area contributed by atoms with Crippen LogP contribution in [-0.2, 0) is 24.2 Å². The van der Waals surface area contributed by atoms with Gasteiger partial charge in [-0.3, -0.25) is 4.68 Å². The molecule has 29 heavy (non-hydrogen) atoms. The Morgan fingerprint density at radius 2 is 2.17 bits per heavy atom. The molecule has 2 unspecified atom stereocenters. The second-order valence-corrected chi connectivity index (χ2v) is 9.84. The number of thiophene rings is 1. The average molecular weight is 440 g/mol. The van der Waals surface area contributed by atoms with E-state index in [0.29, 0.717) is 5.69 Å². The number of aromatic nitrogens is 2. The van der Waals surface area contributed by atoms with Crippen LogP contribution in [0.3, 0.4) is 0 Å². The minimum Gasteiger partial charge on any atom is -0.352 e. The monoisotopic (exact) mass is 439 g/mol. The van der Waals surface area contributed by atoms with Gasteiger partial charge >= 0.3 is 0 Å². The van der Waals surface area contributed by atoms with Gasteiger partial charge in [-0.15, -0.1) is 11.3 Å². The van der Waals surface area contributed by atoms with Crippen LogP contribution in [0, 0.1) is 0 Å². The minimum absolute atomic E-state index is 0.0827. The smallest absolute Gasteiger partial charge is 0.244 e. The number of nitrogens with zero attached hydrogens (tertiary/aromatic N) is 2. The molecule has 2 aliphatic rings. The van der Waals surface area contributed by atoms with Crippen LogP contribution in [0.2, 0.25) is 0 Å². The van der Waals surface area contributed by atoms with E-state index >= 15 is 0 Å². The van der Waals surface area contributed by atoms with Crippen molar-refractivity contribution in [3.8, 4) is 10.6 Å². The lowest BCUT2D eigenvalue weighted by Crippen LogP contribution is -2.44. The molecule has 1 fully saturated rings. The van der Waals surface area contributed by atoms with E-state index in [1.54, 1.807) is 18.3 Å². The highest BCUT2D eigenvalue weighted by Gasteiger charge is 2.38. The molecule has 0 radical (unpaired) electrons. The Bertz CT molecular complexity index is 964. The van der Waals surface area contributed by atoms with Crippen molar-refractivity contribution < 1.29 is 22.6 Å². The third-order valence-electron chi connectivity index (χ3n) is 5.35. The fourth-order valence-electron chi connectivity index (χ4n) is 3.70. The second kappa shape index (κ2) is 8.29. The van der Waals surface area contributed by atoms with Gasteiger partial charge in [-0.05, 0) is 36.4 Å². The number of hydrogen-bond acceptors (Lipinski definition) is 7. The molecule has 1 N–H and O–H groups in total. The zero-order chi connectivity index (χ0) is 20.5. The van der Waals surface area contributed by atoms with Crippen molar-refractivity contribution in [2.45, 2.75) is 48.7 Å². The molecule has 1 saturated carbocycles. The fourth-order valence-corrected chi connectivity index (χ4v) is 5.69. The van der Waals surface area contributed by atoms with E-state index < -0.39 is 22.1 Å². The summed E-state index contributed by atoms with van der Waals surface area (Å²) in [5.41, 5.74) is 0.475. The van der Waals surface area contributed by atoms with Crippen LogP contribution < -0.4 is 4.72 Å². The zero-order valence-electron chi connectivity index (χ0n) is 16.4. The van der Waals surface area contributed by atoms with Gasteiger partial charge in [0.15, 0.2) is 6.29 Å². The Balaban J connectivity index is 1.61. The Labute approximate surface area is 174 Å². The molecule has 1 aliphatic carbocycles. The van der Waals surface area contributed by atoms with Gasteiger partial charge in [0.2, 0.25) is 15.8 Å². The molecule has 0 amide bonds. The van der Waals surface area contributed by atoms with Crippen molar-refractivity contribution in [1.82, 2.24) is 14.5 Å². The highest BCUT2D eigenvalue weighted by atomic mass is 32.2. The van der Waals surface area contributed by atoms with Crippen LogP contribution in [0.1, 0.15) is 31.7 Å². The van der Waals surface area contributed by atoms with Crippen LogP contribution >= 0.6 is 11.3 Å². The normalized spacial score (nSPS) is 25.2. The maximum absolute atomic E-state index is 13.2. The summed E-state index contributed by atoms with van der Waals surface area (Å²) >= 11 is 1.47. The predicted molar refractivity (Wildman–Crippen MR) is 109 cm³/mol. The number of nitrogens with one attached hydrogen (secondary N) is 1. The molecule has 0 aromatic carbocycles.